The first-order valence-corrected chi connectivity index (χ1v) is 3.96. The first-order chi connectivity index (χ1) is 5.22. The highest BCUT2D eigenvalue weighted by Crippen LogP contribution is 2.11. The van der Waals surface area contributed by atoms with Gasteiger partial charge in [-0.25, -0.2) is 4.98 Å². The average Bonchev–Trinajstić information content (AvgIpc) is 2.35. The lowest BCUT2D eigenvalue weighted by Crippen LogP contribution is -2.07. The van der Waals surface area contributed by atoms with E-state index in [9.17, 15) is 4.79 Å². The Balaban J connectivity index is 2.64. The van der Waals surface area contributed by atoms with E-state index in [0.29, 0.717) is 5.82 Å². The van der Waals surface area contributed by atoms with E-state index in [1.54, 1.807) is 5.38 Å². The van der Waals surface area contributed by atoms with Crippen LogP contribution in [0.25, 0.3) is 0 Å². The number of hydrogen-bond donors (Lipinski definition) is 1. The van der Waals surface area contributed by atoms with Gasteiger partial charge in [0.2, 0.25) is 5.91 Å². The molecule has 1 N–H and O–H groups in total. The van der Waals surface area contributed by atoms with Gasteiger partial charge in [0.05, 0.1) is 5.01 Å². The number of anilines is 1. The number of carbonyl (C=O) groups is 1. The number of thiazole rings is 1. The van der Waals surface area contributed by atoms with Crippen molar-refractivity contribution in [3.63, 3.8) is 0 Å². The maximum absolute atomic E-state index is 10.7. The maximum Gasteiger partial charge on any atom is 0.248 e. The topological polar surface area (TPSA) is 42.0 Å². The van der Waals surface area contributed by atoms with Crippen LogP contribution in [-0.4, -0.2) is 10.9 Å². The zero-order valence-electron chi connectivity index (χ0n) is 6.13. The van der Waals surface area contributed by atoms with Gasteiger partial charge in [-0.1, -0.05) is 6.58 Å². The maximum atomic E-state index is 10.7. The minimum atomic E-state index is -0.227. The van der Waals surface area contributed by atoms with Gasteiger partial charge in [0, 0.05) is 5.38 Å². The molecule has 0 bridgehead atoms. The van der Waals surface area contributed by atoms with Gasteiger partial charge in [0.1, 0.15) is 5.82 Å². The molecule has 58 valence electrons. The molecule has 11 heavy (non-hydrogen) atoms. The summed E-state index contributed by atoms with van der Waals surface area (Å²) in [6.07, 6.45) is 1.22. The van der Waals surface area contributed by atoms with Crippen molar-refractivity contribution in [2.24, 2.45) is 0 Å². The van der Waals surface area contributed by atoms with E-state index in [-0.39, 0.29) is 5.91 Å². The Kier molecular flexibility index (Phi) is 2.38. The molecule has 0 aromatic carbocycles. The third kappa shape index (κ3) is 2.16. The lowest BCUT2D eigenvalue weighted by atomic mass is 10.6. The lowest BCUT2D eigenvalue weighted by molar-refractivity contribution is -0.111. The number of nitrogens with one attached hydrogen (secondary N) is 1. The van der Waals surface area contributed by atoms with Gasteiger partial charge in [-0.3, -0.25) is 4.79 Å². The highest BCUT2D eigenvalue weighted by molar-refractivity contribution is 7.09. The molecule has 0 saturated carbocycles. The Hall–Kier alpha value is -1.16. The van der Waals surface area contributed by atoms with Crippen LogP contribution in [0.5, 0.6) is 0 Å². The number of carbonyl (C=O) groups excluding carboxylic acids is 1. The molecule has 4 heteroatoms. The Morgan fingerprint density at radius 3 is 3.09 bits per heavy atom. The third-order valence-corrected chi connectivity index (χ3v) is 1.83. The first-order valence-electron chi connectivity index (χ1n) is 3.08. The van der Waals surface area contributed by atoms with Crippen molar-refractivity contribution in [1.29, 1.82) is 0 Å². The van der Waals surface area contributed by atoms with Crippen molar-refractivity contribution in [2.75, 3.05) is 5.32 Å². The zero-order chi connectivity index (χ0) is 8.27. The molecule has 1 amide bonds. The van der Waals surface area contributed by atoms with Crippen LogP contribution in [0.3, 0.4) is 0 Å². The number of aromatic nitrogens is 1. The summed E-state index contributed by atoms with van der Waals surface area (Å²) >= 11 is 1.50. The zero-order valence-corrected chi connectivity index (χ0v) is 6.94. The Labute approximate surface area is 68.8 Å². The van der Waals surface area contributed by atoms with E-state index in [0.717, 1.165) is 5.01 Å². The Morgan fingerprint density at radius 1 is 1.91 bits per heavy atom. The number of rotatable bonds is 2. The molecule has 0 aliphatic rings. The van der Waals surface area contributed by atoms with Crippen LogP contribution in [0.1, 0.15) is 5.01 Å². The normalized spacial score (nSPS) is 9.18. The minimum absolute atomic E-state index is 0.227. The van der Waals surface area contributed by atoms with Gasteiger partial charge in [-0.2, -0.15) is 0 Å². The molecule has 0 aliphatic heterocycles. The van der Waals surface area contributed by atoms with Crippen LogP contribution in [0.2, 0.25) is 0 Å². The second-order valence-electron chi connectivity index (χ2n) is 1.95. The number of amides is 1. The van der Waals surface area contributed by atoms with Crippen LogP contribution < -0.4 is 5.32 Å². The van der Waals surface area contributed by atoms with Crippen molar-refractivity contribution in [1.82, 2.24) is 4.98 Å². The molecular weight excluding hydrogens is 160 g/mol. The molecular formula is C7H8N2OS. The fraction of sp³-hybridized carbons (Fsp3) is 0.143. The van der Waals surface area contributed by atoms with Crippen molar-refractivity contribution < 1.29 is 4.79 Å². The van der Waals surface area contributed by atoms with Gasteiger partial charge < -0.3 is 5.32 Å². The van der Waals surface area contributed by atoms with E-state index in [4.69, 9.17) is 0 Å². The predicted molar refractivity (Wildman–Crippen MR) is 45.7 cm³/mol. The molecule has 0 radical (unpaired) electrons. The molecule has 0 spiro atoms. The van der Waals surface area contributed by atoms with E-state index in [1.165, 1.54) is 17.4 Å². The summed E-state index contributed by atoms with van der Waals surface area (Å²) in [5.74, 6) is 0.368. The minimum Gasteiger partial charge on any atom is -0.306 e. The number of hydrogen-bond acceptors (Lipinski definition) is 3. The average molecular weight is 168 g/mol. The molecule has 0 saturated heterocycles. The second kappa shape index (κ2) is 3.30. The monoisotopic (exact) mass is 168 g/mol. The van der Waals surface area contributed by atoms with E-state index < -0.39 is 0 Å². The Morgan fingerprint density at radius 2 is 2.64 bits per heavy atom. The second-order valence-corrected chi connectivity index (χ2v) is 3.01. The SMILES string of the molecule is C=CC(=O)Nc1csc(C)n1. The molecule has 1 aromatic rings. The van der Waals surface area contributed by atoms with Crippen LogP contribution in [-0.2, 0) is 4.79 Å². The highest BCUT2D eigenvalue weighted by atomic mass is 32.1. The Bertz CT molecular complexity index is 280. The standard InChI is InChI=1S/C7H8N2OS/c1-3-7(10)9-6-4-11-5(2)8-6/h3-4H,1H2,2H3,(H,9,10). The summed E-state index contributed by atoms with van der Waals surface area (Å²) in [4.78, 5) is 14.8. The van der Waals surface area contributed by atoms with Crippen LogP contribution in [0.15, 0.2) is 18.0 Å². The molecule has 3 nitrogen and oxygen atoms in total. The fourth-order valence-corrected chi connectivity index (χ4v) is 1.14. The highest BCUT2D eigenvalue weighted by Gasteiger charge is 1.99. The lowest BCUT2D eigenvalue weighted by Gasteiger charge is -1.93. The molecule has 1 heterocycles. The van der Waals surface area contributed by atoms with E-state index >= 15 is 0 Å². The van der Waals surface area contributed by atoms with Gasteiger partial charge in [-0.15, -0.1) is 11.3 Å². The summed E-state index contributed by atoms with van der Waals surface area (Å²) in [5, 5.41) is 5.28. The smallest absolute Gasteiger partial charge is 0.248 e. The molecule has 0 atom stereocenters. The van der Waals surface area contributed by atoms with E-state index in [1.807, 2.05) is 6.92 Å². The van der Waals surface area contributed by atoms with Crippen LogP contribution in [0.4, 0.5) is 5.82 Å². The van der Waals surface area contributed by atoms with Crippen molar-refractivity contribution in [3.8, 4) is 0 Å². The van der Waals surface area contributed by atoms with Crippen molar-refractivity contribution in [3.05, 3.63) is 23.0 Å². The largest absolute Gasteiger partial charge is 0.306 e. The summed E-state index contributed by atoms with van der Waals surface area (Å²) in [6, 6.07) is 0. The summed E-state index contributed by atoms with van der Waals surface area (Å²) in [5.41, 5.74) is 0. The van der Waals surface area contributed by atoms with E-state index in [2.05, 4.69) is 16.9 Å². The van der Waals surface area contributed by atoms with Crippen molar-refractivity contribution >= 4 is 23.1 Å². The number of aryl methyl sites for hydroxylation is 1. The van der Waals surface area contributed by atoms with Crippen molar-refractivity contribution in [2.45, 2.75) is 6.92 Å². The molecule has 0 unspecified atom stereocenters. The molecule has 0 aliphatic carbocycles. The number of nitrogens with zero attached hydrogens (tertiary/aromatic N) is 1. The van der Waals surface area contributed by atoms with Crippen LogP contribution in [0, 0.1) is 6.92 Å². The predicted octanol–water partition coefficient (Wildman–Crippen LogP) is 1.58. The summed E-state index contributed by atoms with van der Waals surface area (Å²) < 4.78 is 0. The molecule has 0 fully saturated rings. The molecule has 1 aromatic heterocycles. The van der Waals surface area contributed by atoms with Crippen LogP contribution >= 0.6 is 11.3 Å². The van der Waals surface area contributed by atoms with Gasteiger partial charge in [0.15, 0.2) is 0 Å². The quantitative estimate of drug-likeness (QED) is 0.681. The summed E-state index contributed by atoms with van der Waals surface area (Å²) in [7, 11) is 0. The molecule has 1 rings (SSSR count). The first kappa shape index (κ1) is 7.94. The van der Waals surface area contributed by atoms with Gasteiger partial charge in [0.25, 0.3) is 0 Å². The summed E-state index contributed by atoms with van der Waals surface area (Å²) in [6.45, 7) is 5.21. The fourth-order valence-electron chi connectivity index (χ4n) is 0.598. The van der Waals surface area contributed by atoms with Gasteiger partial charge in [-0.05, 0) is 13.0 Å². The third-order valence-electron chi connectivity index (χ3n) is 1.06. The van der Waals surface area contributed by atoms with Gasteiger partial charge >= 0.3 is 0 Å².